The van der Waals surface area contributed by atoms with E-state index in [1.807, 2.05) is 19.2 Å². The summed E-state index contributed by atoms with van der Waals surface area (Å²) in [6, 6.07) is 6.53. The summed E-state index contributed by atoms with van der Waals surface area (Å²) >= 11 is 0. The Morgan fingerprint density at radius 1 is 1.15 bits per heavy atom. The van der Waals surface area contributed by atoms with E-state index in [-0.39, 0.29) is 23.9 Å². The number of hydrogen-bond acceptors (Lipinski definition) is 5. The Labute approximate surface area is 201 Å². The normalized spacial score (nSPS) is 22.4. The second kappa shape index (κ2) is 9.74. The van der Waals surface area contributed by atoms with Crippen molar-refractivity contribution in [3.63, 3.8) is 0 Å². The van der Waals surface area contributed by atoms with Crippen LogP contribution < -0.4 is 21.7 Å². The maximum absolute atomic E-state index is 12.9. The lowest BCUT2D eigenvalue weighted by molar-refractivity contribution is -0.115. The molecule has 2 heterocycles. The van der Waals surface area contributed by atoms with Crippen molar-refractivity contribution in [1.29, 1.82) is 0 Å². The van der Waals surface area contributed by atoms with Gasteiger partial charge in [-0.05, 0) is 61.4 Å². The lowest BCUT2D eigenvalue weighted by Crippen LogP contribution is -2.42. The number of nitrogens with two attached hydrogens (primary N) is 1. The van der Waals surface area contributed by atoms with Crippen LogP contribution in [0.2, 0.25) is 0 Å². The predicted octanol–water partition coefficient (Wildman–Crippen LogP) is 4.33. The highest BCUT2D eigenvalue weighted by molar-refractivity contribution is 6.04. The zero-order valence-corrected chi connectivity index (χ0v) is 20.0. The number of pyridine rings is 1. The van der Waals surface area contributed by atoms with E-state index in [2.05, 4.69) is 28.1 Å². The molecule has 0 bridgehead atoms. The first-order valence-corrected chi connectivity index (χ1v) is 12.8. The molecule has 0 radical (unpaired) electrons. The molecule has 1 aromatic heterocycles. The Bertz CT molecular complexity index is 1090. The number of anilines is 2. The van der Waals surface area contributed by atoms with Crippen molar-refractivity contribution in [3.05, 3.63) is 41.2 Å². The van der Waals surface area contributed by atoms with E-state index in [1.54, 1.807) is 0 Å². The first-order chi connectivity index (χ1) is 16.5. The number of aromatic nitrogens is 1. The molecule has 2 unspecified atom stereocenters. The number of rotatable bonds is 6. The fraction of sp³-hybridized carbons (Fsp3) is 0.519. The van der Waals surface area contributed by atoms with Crippen molar-refractivity contribution >= 4 is 23.2 Å². The Balaban J connectivity index is 1.56. The molecule has 0 spiro atoms. The number of amides is 2. The van der Waals surface area contributed by atoms with Crippen LogP contribution in [-0.4, -0.2) is 35.4 Å². The number of fused-ring (bicyclic) bond motifs is 1. The fourth-order valence-corrected chi connectivity index (χ4v) is 5.40. The Kier molecular flexibility index (Phi) is 6.55. The summed E-state index contributed by atoms with van der Waals surface area (Å²) in [6.07, 6.45) is 10.9. The van der Waals surface area contributed by atoms with Gasteiger partial charge in [0.15, 0.2) is 0 Å². The molecule has 2 aliphatic carbocycles. The highest BCUT2D eigenvalue weighted by Gasteiger charge is 2.28. The molecule has 34 heavy (non-hydrogen) atoms. The van der Waals surface area contributed by atoms with E-state index >= 15 is 0 Å². The fourth-order valence-electron chi connectivity index (χ4n) is 5.40. The Morgan fingerprint density at radius 3 is 2.71 bits per heavy atom. The number of nitrogens with zero attached hydrogens (tertiary/aromatic N) is 1. The zero-order valence-electron chi connectivity index (χ0n) is 20.0. The summed E-state index contributed by atoms with van der Waals surface area (Å²) in [6.45, 7) is 2.48. The molecule has 180 valence electrons. The minimum Gasteiger partial charge on any atom is -0.381 e. The van der Waals surface area contributed by atoms with Gasteiger partial charge in [0.1, 0.15) is 0 Å². The summed E-state index contributed by atoms with van der Waals surface area (Å²) in [5.41, 5.74) is 12.6. The zero-order chi connectivity index (χ0) is 23.7. The van der Waals surface area contributed by atoms with E-state index in [1.165, 1.54) is 19.3 Å². The lowest BCUT2D eigenvalue weighted by atomic mass is 9.81. The van der Waals surface area contributed by atoms with Crippen molar-refractivity contribution in [2.75, 3.05) is 17.2 Å². The van der Waals surface area contributed by atoms with Crippen LogP contribution >= 0.6 is 0 Å². The van der Waals surface area contributed by atoms with E-state index in [0.29, 0.717) is 24.4 Å². The smallest absolute Gasteiger partial charge is 0.252 e. The van der Waals surface area contributed by atoms with Gasteiger partial charge in [0.2, 0.25) is 5.91 Å². The van der Waals surface area contributed by atoms with E-state index in [0.717, 1.165) is 65.9 Å². The number of hydrogen-bond donors (Lipinski definition) is 4. The number of nitrogens with one attached hydrogen (secondary N) is 3. The lowest BCUT2D eigenvalue weighted by Gasteiger charge is -2.31. The largest absolute Gasteiger partial charge is 0.381 e. The van der Waals surface area contributed by atoms with Gasteiger partial charge in [-0.3, -0.25) is 14.6 Å². The molecule has 5 rings (SSSR count). The SMILES string of the molecule is CCC(=O)Nc1cc(-c2cc(NC3CCCCC3N)cc3c2C(=O)NCC3)cnc1C1CCC1. The van der Waals surface area contributed by atoms with Crippen LogP contribution in [0.4, 0.5) is 11.4 Å². The molecular weight excluding hydrogens is 426 g/mol. The second-order valence-electron chi connectivity index (χ2n) is 9.95. The highest BCUT2D eigenvalue weighted by Crippen LogP contribution is 2.41. The third kappa shape index (κ3) is 4.53. The Morgan fingerprint density at radius 2 is 1.97 bits per heavy atom. The van der Waals surface area contributed by atoms with Gasteiger partial charge in [0.25, 0.3) is 5.91 Å². The van der Waals surface area contributed by atoms with Gasteiger partial charge in [-0.15, -0.1) is 0 Å². The molecule has 1 aliphatic heterocycles. The Hall–Kier alpha value is -2.93. The molecule has 7 nitrogen and oxygen atoms in total. The number of carbonyl (C=O) groups is 2. The van der Waals surface area contributed by atoms with Crippen molar-refractivity contribution in [1.82, 2.24) is 10.3 Å². The second-order valence-corrected chi connectivity index (χ2v) is 9.95. The molecule has 2 aromatic rings. The average molecular weight is 462 g/mol. The average Bonchev–Trinajstić information content (AvgIpc) is 2.80. The van der Waals surface area contributed by atoms with Gasteiger partial charge in [-0.2, -0.15) is 0 Å². The molecule has 7 heteroatoms. The minimum absolute atomic E-state index is 0.0269. The van der Waals surface area contributed by atoms with Crippen LogP contribution in [-0.2, 0) is 11.2 Å². The summed E-state index contributed by atoms with van der Waals surface area (Å²) in [5, 5.41) is 9.72. The van der Waals surface area contributed by atoms with Crippen molar-refractivity contribution in [3.8, 4) is 11.1 Å². The van der Waals surface area contributed by atoms with Gasteiger partial charge in [0, 0.05) is 48.4 Å². The molecule has 5 N–H and O–H groups in total. The molecule has 2 atom stereocenters. The molecule has 1 aromatic carbocycles. The quantitative estimate of drug-likeness (QED) is 0.512. The van der Waals surface area contributed by atoms with Crippen LogP contribution in [0, 0.1) is 0 Å². The first kappa shape index (κ1) is 22.8. The third-order valence-electron chi connectivity index (χ3n) is 7.62. The first-order valence-electron chi connectivity index (χ1n) is 12.8. The monoisotopic (exact) mass is 461 g/mol. The van der Waals surface area contributed by atoms with E-state index in [4.69, 9.17) is 10.7 Å². The molecule has 2 fully saturated rings. The minimum atomic E-state index is -0.0561. The summed E-state index contributed by atoms with van der Waals surface area (Å²) in [4.78, 5) is 30.0. The van der Waals surface area contributed by atoms with Gasteiger partial charge in [-0.25, -0.2) is 0 Å². The molecule has 3 aliphatic rings. The van der Waals surface area contributed by atoms with Crippen LogP contribution in [0.15, 0.2) is 24.4 Å². The van der Waals surface area contributed by atoms with Crippen LogP contribution in [0.3, 0.4) is 0 Å². The molecule has 2 amide bonds. The topological polar surface area (TPSA) is 109 Å². The number of benzene rings is 1. The maximum Gasteiger partial charge on any atom is 0.252 e. The standard InChI is InChI=1S/C27H35N5O2/c1-2-24(33)32-23-13-18(15-30-26(23)16-6-5-7-16)20-14-19(31-22-9-4-3-8-21(22)28)12-17-10-11-29-27(34)25(17)20/h12-16,21-22,31H,2-11,28H2,1H3,(H,29,34)(H,32,33). The van der Waals surface area contributed by atoms with Crippen LogP contribution in [0.1, 0.15) is 85.8 Å². The molecule has 2 saturated carbocycles. The third-order valence-corrected chi connectivity index (χ3v) is 7.62. The number of carbonyl (C=O) groups excluding carboxylic acids is 2. The van der Waals surface area contributed by atoms with E-state index < -0.39 is 0 Å². The van der Waals surface area contributed by atoms with Gasteiger partial charge in [0.05, 0.1) is 16.9 Å². The van der Waals surface area contributed by atoms with Crippen molar-refractivity contribution in [2.45, 2.75) is 82.7 Å². The van der Waals surface area contributed by atoms with E-state index in [9.17, 15) is 9.59 Å². The summed E-state index contributed by atoms with van der Waals surface area (Å²) < 4.78 is 0. The van der Waals surface area contributed by atoms with Gasteiger partial charge >= 0.3 is 0 Å². The van der Waals surface area contributed by atoms with Gasteiger partial charge in [-0.1, -0.05) is 26.2 Å². The molecule has 0 saturated heterocycles. The van der Waals surface area contributed by atoms with Crippen molar-refractivity contribution < 1.29 is 9.59 Å². The summed E-state index contributed by atoms with van der Waals surface area (Å²) in [5.74, 6) is 0.305. The van der Waals surface area contributed by atoms with Crippen molar-refractivity contribution in [2.24, 2.45) is 5.73 Å². The maximum atomic E-state index is 12.9. The highest BCUT2D eigenvalue weighted by atomic mass is 16.2. The predicted molar refractivity (Wildman–Crippen MR) is 135 cm³/mol. The van der Waals surface area contributed by atoms with Crippen LogP contribution in [0.5, 0.6) is 0 Å². The summed E-state index contributed by atoms with van der Waals surface area (Å²) in [7, 11) is 0. The molecular formula is C27H35N5O2. The van der Waals surface area contributed by atoms with Gasteiger partial charge < -0.3 is 21.7 Å². The van der Waals surface area contributed by atoms with Crippen LogP contribution in [0.25, 0.3) is 11.1 Å².